The molecule has 2 rings (SSSR count). The van der Waals surface area contributed by atoms with Gasteiger partial charge in [0.25, 0.3) is 0 Å². The summed E-state index contributed by atoms with van der Waals surface area (Å²) in [5, 5.41) is 9.95. The summed E-state index contributed by atoms with van der Waals surface area (Å²) < 4.78 is 11.2. The van der Waals surface area contributed by atoms with E-state index < -0.39 is 5.60 Å². The molecule has 1 amide bonds. The van der Waals surface area contributed by atoms with E-state index in [1.807, 2.05) is 20.8 Å². The first-order valence-corrected chi connectivity index (χ1v) is 7.75. The molecule has 0 radical (unpaired) electrons. The highest BCUT2D eigenvalue weighted by Crippen LogP contribution is 2.30. The standard InChI is InChI=1S/C16H22ClNO4/c1-16(2,3)22-15(20)18-8-6-12(7-9-18)21-14-10-11(19)4-5-13(14)17/h4-5,10,12,19H,6-9H2,1-3H3. The summed E-state index contributed by atoms with van der Waals surface area (Å²) in [6.45, 7) is 6.71. The van der Waals surface area contributed by atoms with Gasteiger partial charge < -0.3 is 19.5 Å². The number of phenolic OH excluding ortho intramolecular Hbond substituents is 1. The molecule has 1 heterocycles. The molecule has 0 aliphatic carbocycles. The lowest BCUT2D eigenvalue weighted by molar-refractivity contribution is 0.0126. The van der Waals surface area contributed by atoms with Gasteiger partial charge in [0.1, 0.15) is 23.2 Å². The largest absolute Gasteiger partial charge is 0.508 e. The van der Waals surface area contributed by atoms with Gasteiger partial charge in [-0.3, -0.25) is 0 Å². The number of aromatic hydroxyl groups is 1. The number of phenols is 1. The molecule has 1 aliphatic heterocycles. The van der Waals surface area contributed by atoms with Gasteiger partial charge in [-0.1, -0.05) is 11.6 Å². The summed E-state index contributed by atoms with van der Waals surface area (Å²) in [7, 11) is 0. The fourth-order valence-corrected chi connectivity index (χ4v) is 2.41. The average Bonchev–Trinajstić information content (AvgIpc) is 2.42. The van der Waals surface area contributed by atoms with E-state index in [-0.39, 0.29) is 17.9 Å². The normalized spacial score (nSPS) is 16.5. The first kappa shape index (κ1) is 16.7. The summed E-state index contributed by atoms with van der Waals surface area (Å²) in [5.74, 6) is 0.586. The Balaban J connectivity index is 1.87. The van der Waals surface area contributed by atoms with Crippen molar-refractivity contribution in [2.45, 2.75) is 45.3 Å². The summed E-state index contributed by atoms with van der Waals surface area (Å²) in [5.41, 5.74) is -0.487. The molecule has 122 valence electrons. The molecule has 0 atom stereocenters. The van der Waals surface area contributed by atoms with Crippen molar-refractivity contribution in [2.75, 3.05) is 13.1 Å². The predicted octanol–water partition coefficient (Wildman–Crippen LogP) is 3.82. The van der Waals surface area contributed by atoms with Gasteiger partial charge in [-0.15, -0.1) is 0 Å². The molecule has 1 aromatic rings. The van der Waals surface area contributed by atoms with Gasteiger partial charge in [-0.2, -0.15) is 0 Å². The van der Waals surface area contributed by atoms with Crippen LogP contribution in [0.15, 0.2) is 18.2 Å². The zero-order chi connectivity index (χ0) is 16.3. The van der Waals surface area contributed by atoms with Crippen LogP contribution >= 0.6 is 11.6 Å². The number of piperidine rings is 1. The molecular formula is C16H22ClNO4. The molecule has 1 aromatic carbocycles. The molecule has 22 heavy (non-hydrogen) atoms. The van der Waals surface area contributed by atoms with Crippen molar-refractivity contribution < 1.29 is 19.4 Å². The van der Waals surface area contributed by atoms with Crippen LogP contribution in [0.5, 0.6) is 11.5 Å². The number of carbonyl (C=O) groups is 1. The molecular weight excluding hydrogens is 306 g/mol. The third-order valence-corrected chi connectivity index (χ3v) is 3.61. The minimum Gasteiger partial charge on any atom is -0.508 e. The van der Waals surface area contributed by atoms with Crippen molar-refractivity contribution in [3.63, 3.8) is 0 Å². The number of rotatable bonds is 2. The molecule has 0 aromatic heterocycles. The molecule has 0 bridgehead atoms. The molecule has 0 saturated carbocycles. The van der Waals surface area contributed by atoms with Crippen molar-refractivity contribution in [1.82, 2.24) is 4.90 Å². The highest BCUT2D eigenvalue weighted by molar-refractivity contribution is 6.32. The Labute approximate surface area is 135 Å². The summed E-state index contributed by atoms with van der Waals surface area (Å²) in [6.07, 6.45) is 1.08. The zero-order valence-electron chi connectivity index (χ0n) is 13.1. The maximum absolute atomic E-state index is 12.0. The Hall–Kier alpha value is -1.62. The van der Waals surface area contributed by atoms with Gasteiger partial charge in [-0.25, -0.2) is 4.79 Å². The molecule has 1 fully saturated rings. The number of amides is 1. The van der Waals surface area contributed by atoms with Crippen molar-refractivity contribution in [2.24, 2.45) is 0 Å². The number of benzene rings is 1. The number of ether oxygens (including phenoxy) is 2. The minimum atomic E-state index is -0.487. The van der Waals surface area contributed by atoms with Crippen LogP contribution in [0.1, 0.15) is 33.6 Å². The Morgan fingerprint density at radius 1 is 1.32 bits per heavy atom. The van der Waals surface area contributed by atoms with Crippen LogP contribution in [0.25, 0.3) is 0 Å². The van der Waals surface area contributed by atoms with Gasteiger partial charge in [0.2, 0.25) is 0 Å². The average molecular weight is 328 g/mol. The van der Waals surface area contributed by atoms with E-state index in [1.165, 1.54) is 12.1 Å². The van der Waals surface area contributed by atoms with E-state index in [0.717, 1.165) is 0 Å². The first-order valence-electron chi connectivity index (χ1n) is 7.38. The SMILES string of the molecule is CC(C)(C)OC(=O)N1CCC(Oc2cc(O)ccc2Cl)CC1. The van der Waals surface area contributed by atoms with Crippen LogP contribution in [0.3, 0.4) is 0 Å². The summed E-state index contributed by atoms with van der Waals surface area (Å²) in [4.78, 5) is 13.7. The molecule has 5 nitrogen and oxygen atoms in total. The third kappa shape index (κ3) is 4.70. The fourth-order valence-electron chi connectivity index (χ4n) is 2.24. The Kier molecular flexibility index (Phi) is 5.06. The number of hydrogen-bond acceptors (Lipinski definition) is 4. The van der Waals surface area contributed by atoms with E-state index in [2.05, 4.69) is 0 Å². The third-order valence-electron chi connectivity index (χ3n) is 3.30. The zero-order valence-corrected chi connectivity index (χ0v) is 13.9. The second-order valence-corrected chi connectivity index (χ2v) is 6.81. The Morgan fingerprint density at radius 3 is 2.55 bits per heavy atom. The quantitative estimate of drug-likeness (QED) is 0.897. The lowest BCUT2D eigenvalue weighted by atomic mass is 10.1. The highest BCUT2D eigenvalue weighted by atomic mass is 35.5. The smallest absolute Gasteiger partial charge is 0.410 e. The van der Waals surface area contributed by atoms with Crippen molar-refractivity contribution in [1.29, 1.82) is 0 Å². The second kappa shape index (κ2) is 6.65. The van der Waals surface area contributed by atoms with E-state index in [0.29, 0.717) is 36.7 Å². The van der Waals surface area contributed by atoms with Gasteiger partial charge in [0.05, 0.1) is 5.02 Å². The maximum atomic E-state index is 12.0. The van der Waals surface area contributed by atoms with E-state index >= 15 is 0 Å². The van der Waals surface area contributed by atoms with Crippen LogP contribution in [0, 0.1) is 0 Å². The highest BCUT2D eigenvalue weighted by Gasteiger charge is 2.27. The molecule has 1 saturated heterocycles. The van der Waals surface area contributed by atoms with Crippen molar-refractivity contribution >= 4 is 17.7 Å². The fraction of sp³-hybridized carbons (Fsp3) is 0.562. The molecule has 1 aliphatic rings. The van der Waals surface area contributed by atoms with Crippen LogP contribution in [-0.4, -0.2) is 40.9 Å². The van der Waals surface area contributed by atoms with Crippen LogP contribution in [0.2, 0.25) is 5.02 Å². The molecule has 1 N–H and O–H groups in total. The lowest BCUT2D eigenvalue weighted by Crippen LogP contribution is -2.44. The lowest BCUT2D eigenvalue weighted by Gasteiger charge is -2.33. The summed E-state index contributed by atoms with van der Waals surface area (Å²) >= 11 is 6.05. The number of carbonyl (C=O) groups excluding carboxylic acids is 1. The predicted molar refractivity (Wildman–Crippen MR) is 84.6 cm³/mol. The molecule has 0 unspecified atom stereocenters. The van der Waals surface area contributed by atoms with E-state index in [1.54, 1.807) is 11.0 Å². The second-order valence-electron chi connectivity index (χ2n) is 6.40. The van der Waals surface area contributed by atoms with Gasteiger partial charge in [0.15, 0.2) is 0 Å². The minimum absolute atomic E-state index is 0.0296. The monoisotopic (exact) mass is 327 g/mol. The molecule has 6 heteroatoms. The number of halogens is 1. The van der Waals surface area contributed by atoms with E-state index in [4.69, 9.17) is 21.1 Å². The topological polar surface area (TPSA) is 59.0 Å². The first-order chi connectivity index (χ1) is 10.2. The van der Waals surface area contributed by atoms with Crippen molar-refractivity contribution in [3.8, 4) is 11.5 Å². The Morgan fingerprint density at radius 2 is 1.95 bits per heavy atom. The number of nitrogens with zero attached hydrogens (tertiary/aromatic N) is 1. The Bertz CT molecular complexity index is 533. The van der Waals surface area contributed by atoms with Crippen LogP contribution in [-0.2, 0) is 4.74 Å². The van der Waals surface area contributed by atoms with E-state index in [9.17, 15) is 9.90 Å². The maximum Gasteiger partial charge on any atom is 0.410 e. The van der Waals surface area contributed by atoms with Gasteiger partial charge in [0, 0.05) is 32.0 Å². The number of hydrogen-bond donors (Lipinski definition) is 1. The molecule has 0 spiro atoms. The summed E-state index contributed by atoms with van der Waals surface area (Å²) in [6, 6.07) is 4.62. The number of likely N-dealkylation sites (tertiary alicyclic amines) is 1. The van der Waals surface area contributed by atoms with Crippen LogP contribution in [0.4, 0.5) is 4.79 Å². The van der Waals surface area contributed by atoms with Crippen LogP contribution < -0.4 is 4.74 Å². The van der Waals surface area contributed by atoms with Gasteiger partial charge >= 0.3 is 6.09 Å². The van der Waals surface area contributed by atoms with Gasteiger partial charge in [-0.05, 0) is 32.9 Å². The van der Waals surface area contributed by atoms with Crippen molar-refractivity contribution in [3.05, 3.63) is 23.2 Å².